The Morgan fingerprint density at radius 3 is 2.41 bits per heavy atom. The molecule has 22 heavy (non-hydrogen) atoms. The monoisotopic (exact) mass is 360 g/mol. The molecule has 0 fully saturated rings. The first-order chi connectivity index (χ1) is 10.7. The molecule has 2 N–H and O–H groups in total. The van der Waals surface area contributed by atoms with Gasteiger partial charge in [-0.3, -0.25) is 4.79 Å². The van der Waals surface area contributed by atoms with Crippen LogP contribution >= 0.6 is 15.9 Å². The largest absolute Gasteiger partial charge is 0.351 e. The van der Waals surface area contributed by atoms with Crippen molar-refractivity contribution in [3.63, 3.8) is 0 Å². The van der Waals surface area contributed by atoms with Gasteiger partial charge in [0.2, 0.25) is 5.91 Å². The van der Waals surface area contributed by atoms with Gasteiger partial charge in [0.05, 0.1) is 6.54 Å². The van der Waals surface area contributed by atoms with Crippen molar-refractivity contribution in [3.05, 3.63) is 70.2 Å². The molecule has 3 nitrogen and oxygen atoms in total. The van der Waals surface area contributed by atoms with E-state index in [9.17, 15) is 4.79 Å². The number of hydrogen-bond donors (Lipinski definition) is 2. The SMILES string of the molecule is CC[C@@H](NCC(=O)NCc1ccccc1)c1ccc(Br)cc1. The van der Waals surface area contributed by atoms with Crippen LogP contribution in [0.1, 0.15) is 30.5 Å². The first kappa shape index (κ1) is 16.7. The maximum atomic E-state index is 11.9. The standard InChI is InChI=1S/C18H21BrN2O/c1-2-17(15-8-10-16(19)11-9-15)20-13-18(22)21-12-14-6-4-3-5-7-14/h3-11,17,20H,2,12-13H2,1H3,(H,21,22)/t17-/m1/s1. The van der Waals surface area contributed by atoms with Gasteiger partial charge in [-0.25, -0.2) is 0 Å². The third kappa shape index (κ3) is 5.28. The summed E-state index contributed by atoms with van der Waals surface area (Å²) in [4.78, 5) is 11.9. The minimum atomic E-state index is 0.0133. The quantitative estimate of drug-likeness (QED) is 0.788. The third-order valence-corrected chi connectivity index (χ3v) is 4.05. The Hall–Kier alpha value is -1.65. The molecule has 0 radical (unpaired) electrons. The zero-order chi connectivity index (χ0) is 15.8. The molecule has 116 valence electrons. The molecule has 1 atom stereocenters. The number of carbonyl (C=O) groups excluding carboxylic acids is 1. The van der Waals surface area contributed by atoms with Crippen molar-refractivity contribution in [2.75, 3.05) is 6.54 Å². The number of carbonyl (C=O) groups is 1. The highest BCUT2D eigenvalue weighted by atomic mass is 79.9. The summed E-state index contributed by atoms with van der Waals surface area (Å²) < 4.78 is 1.06. The zero-order valence-electron chi connectivity index (χ0n) is 12.7. The van der Waals surface area contributed by atoms with Crippen LogP contribution in [0, 0.1) is 0 Å². The van der Waals surface area contributed by atoms with E-state index in [1.54, 1.807) is 0 Å². The Morgan fingerprint density at radius 2 is 1.77 bits per heavy atom. The molecule has 0 saturated heterocycles. The van der Waals surface area contributed by atoms with Crippen molar-refractivity contribution in [3.8, 4) is 0 Å². The fourth-order valence-electron chi connectivity index (χ4n) is 2.27. The molecule has 0 aliphatic rings. The molecule has 0 unspecified atom stereocenters. The number of halogens is 1. The van der Waals surface area contributed by atoms with E-state index >= 15 is 0 Å². The van der Waals surface area contributed by atoms with E-state index < -0.39 is 0 Å². The average Bonchev–Trinajstić information content (AvgIpc) is 2.56. The van der Waals surface area contributed by atoms with Gasteiger partial charge in [0, 0.05) is 17.1 Å². The summed E-state index contributed by atoms with van der Waals surface area (Å²) in [5, 5.41) is 6.24. The van der Waals surface area contributed by atoms with E-state index in [1.807, 2.05) is 42.5 Å². The van der Waals surface area contributed by atoms with Gasteiger partial charge in [-0.15, -0.1) is 0 Å². The lowest BCUT2D eigenvalue weighted by molar-refractivity contribution is -0.120. The van der Waals surface area contributed by atoms with Crippen molar-refractivity contribution in [2.24, 2.45) is 0 Å². The molecule has 1 amide bonds. The summed E-state index contributed by atoms with van der Waals surface area (Å²) in [5.41, 5.74) is 2.30. The van der Waals surface area contributed by atoms with Crippen molar-refractivity contribution in [1.82, 2.24) is 10.6 Å². The van der Waals surface area contributed by atoms with Crippen LogP contribution in [-0.2, 0) is 11.3 Å². The predicted molar refractivity (Wildman–Crippen MR) is 93.5 cm³/mol. The van der Waals surface area contributed by atoms with Crippen molar-refractivity contribution in [1.29, 1.82) is 0 Å². The van der Waals surface area contributed by atoms with Gasteiger partial charge < -0.3 is 10.6 Å². The number of nitrogens with one attached hydrogen (secondary N) is 2. The molecule has 2 rings (SSSR count). The fraction of sp³-hybridized carbons (Fsp3) is 0.278. The van der Waals surface area contributed by atoms with Crippen LogP contribution in [-0.4, -0.2) is 12.5 Å². The summed E-state index contributed by atoms with van der Waals surface area (Å²) in [6.45, 7) is 3.00. The number of benzene rings is 2. The van der Waals surface area contributed by atoms with Crippen LogP contribution in [0.2, 0.25) is 0 Å². The maximum Gasteiger partial charge on any atom is 0.234 e. The highest BCUT2D eigenvalue weighted by molar-refractivity contribution is 9.10. The van der Waals surface area contributed by atoms with Gasteiger partial charge in [-0.2, -0.15) is 0 Å². The van der Waals surface area contributed by atoms with E-state index in [4.69, 9.17) is 0 Å². The topological polar surface area (TPSA) is 41.1 Å². The van der Waals surface area contributed by atoms with Crippen LogP contribution < -0.4 is 10.6 Å². The summed E-state index contributed by atoms with van der Waals surface area (Å²) >= 11 is 3.44. The molecular weight excluding hydrogens is 340 g/mol. The first-order valence-corrected chi connectivity index (χ1v) is 8.28. The van der Waals surface area contributed by atoms with Gasteiger partial charge >= 0.3 is 0 Å². The molecule has 0 spiro atoms. The Labute approximate surface area is 140 Å². The van der Waals surface area contributed by atoms with E-state index in [0.29, 0.717) is 13.1 Å². The van der Waals surface area contributed by atoms with Gasteiger partial charge in [-0.05, 0) is 29.7 Å². The Morgan fingerprint density at radius 1 is 1.09 bits per heavy atom. The molecule has 0 aliphatic heterocycles. The van der Waals surface area contributed by atoms with Gasteiger partial charge in [-0.1, -0.05) is 65.3 Å². The van der Waals surface area contributed by atoms with Crippen LogP contribution in [0.3, 0.4) is 0 Å². The van der Waals surface area contributed by atoms with Gasteiger partial charge in [0.25, 0.3) is 0 Å². The van der Waals surface area contributed by atoms with Crippen molar-refractivity contribution >= 4 is 21.8 Å². The highest BCUT2D eigenvalue weighted by Gasteiger charge is 2.10. The Bertz CT molecular complexity index is 584. The van der Waals surface area contributed by atoms with E-state index in [0.717, 1.165) is 16.5 Å². The normalized spacial score (nSPS) is 11.9. The van der Waals surface area contributed by atoms with Crippen LogP contribution in [0.5, 0.6) is 0 Å². The second kappa shape index (κ2) is 8.71. The predicted octanol–water partition coefficient (Wildman–Crippen LogP) is 3.81. The van der Waals surface area contributed by atoms with E-state index in [-0.39, 0.29) is 11.9 Å². The van der Waals surface area contributed by atoms with Gasteiger partial charge in [0.15, 0.2) is 0 Å². The zero-order valence-corrected chi connectivity index (χ0v) is 14.3. The van der Waals surface area contributed by atoms with Crippen LogP contribution in [0.25, 0.3) is 0 Å². The third-order valence-electron chi connectivity index (χ3n) is 3.52. The summed E-state index contributed by atoms with van der Waals surface area (Å²) in [6, 6.07) is 18.3. The molecule has 2 aromatic rings. The maximum absolute atomic E-state index is 11.9. The number of amides is 1. The molecule has 0 bridgehead atoms. The van der Waals surface area contributed by atoms with Crippen molar-refractivity contribution < 1.29 is 4.79 Å². The Kier molecular flexibility index (Phi) is 6.62. The van der Waals surface area contributed by atoms with E-state index in [2.05, 4.69) is 45.6 Å². The molecular formula is C18H21BrN2O. The van der Waals surface area contributed by atoms with Crippen molar-refractivity contribution in [2.45, 2.75) is 25.9 Å². The minimum absolute atomic E-state index is 0.0133. The fourth-order valence-corrected chi connectivity index (χ4v) is 2.53. The average molecular weight is 361 g/mol. The second-order valence-electron chi connectivity index (χ2n) is 5.16. The number of rotatable bonds is 7. The molecule has 4 heteroatoms. The van der Waals surface area contributed by atoms with Crippen LogP contribution in [0.15, 0.2) is 59.1 Å². The lowest BCUT2D eigenvalue weighted by Crippen LogP contribution is -2.35. The smallest absolute Gasteiger partial charge is 0.234 e. The summed E-state index contributed by atoms with van der Waals surface area (Å²) in [5.74, 6) is 0.0133. The molecule has 0 aliphatic carbocycles. The molecule has 0 saturated carbocycles. The minimum Gasteiger partial charge on any atom is -0.351 e. The lowest BCUT2D eigenvalue weighted by atomic mass is 10.0. The summed E-state index contributed by atoms with van der Waals surface area (Å²) in [6.07, 6.45) is 0.938. The molecule has 2 aromatic carbocycles. The van der Waals surface area contributed by atoms with Crippen LogP contribution in [0.4, 0.5) is 0 Å². The second-order valence-corrected chi connectivity index (χ2v) is 6.07. The lowest BCUT2D eigenvalue weighted by Gasteiger charge is -2.17. The summed E-state index contributed by atoms with van der Waals surface area (Å²) in [7, 11) is 0. The first-order valence-electron chi connectivity index (χ1n) is 7.48. The van der Waals surface area contributed by atoms with Gasteiger partial charge in [0.1, 0.15) is 0 Å². The molecule has 0 heterocycles. The highest BCUT2D eigenvalue weighted by Crippen LogP contribution is 2.19. The Balaban J connectivity index is 1.80. The molecule has 0 aromatic heterocycles. The van der Waals surface area contributed by atoms with E-state index in [1.165, 1.54) is 5.56 Å². The number of hydrogen-bond acceptors (Lipinski definition) is 2.